The Morgan fingerprint density at radius 2 is 1.78 bits per heavy atom. The van der Waals surface area contributed by atoms with Crippen molar-refractivity contribution in [1.29, 1.82) is 0 Å². The van der Waals surface area contributed by atoms with Gasteiger partial charge in [0, 0.05) is 11.7 Å². The van der Waals surface area contributed by atoms with E-state index in [9.17, 15) is 4.79 Å². The van der Waals surface area contributed by atoms with Crippen LogP contribution in [0.2, 0.25) is 0 Å². The highest BCUT2D eigenvalue weighted by Gasteiger charge is 2.16. The summed E-state index contributed by atoms with van der Waals surface area (Å²) < 4.78 is 15.2. The van der Waals surface area contributed by atoms with Gasteiger partial charge < -0.3 is 19.2 Å². The summed E-state index contributed by atoms with van der Waals surface area (Å²) in [6, 6.07) is 7.93. The lowest BCUT2D eigenvalue weighted by Gasteiger charge is -2.19. The molecular weight excluding hydrogens is 294 g/mol. The summed E-state index contributed by atoms with van der Waals surface area (Å²) in [4.78, 5) is 14.8. The van der Waals surface area contributed by atoms with Crippen LogP contribution in [0.3, 0.4) is 0 Å². The van der Waals surface area contributed by atoms with E-state index in [0.717, 1.165) is 42.9 Å². The lowest BCUT2D eigenvalue weighted by atomic mass is 10.1. The number of esters is 1. The fraction of sp³-hybridized carbons (Fsp3) is 0.500. The number of ether oxygens (including phenoxy) is 3. The fourth-order valence-corrected chi connectivity index (χ4v) is 2.20. The smallest absolute Gasteiger partial charge is 0.310 e. The Morgan fingerprint density at radius 3 is 2.35 bits per heavy atom. The number of aromatic amines is 1. The zero-order valence-corrected chi connectivity index (χ0v) is 14.1. The Balaban J connectivity index is 0.000000268. The largest absolute Gasteiger partial charge is 0.460 e. The molecule has 0 bridgehead atoms. The van der Waals surface area contributed by atoms with Gasteiger partial charge in [-0.15, -0.1) is 0 Å². The first kappa shape index (κ1) is 17.5. The van der Waals surface area contributed by atoms with Gasteiger partial charge >= 0.3 is 5.97 Å². The topological polar surface area (TPSA) is 60.6 Å². The van der Waals surface area contributed by atoms with Crippen molar-refractivity contribution >= 4 is 16.9 Å². The number of hydrogen-bond acceptors (Lipinski definition) is 4. The van der Waals surface area contributed by atoms with Gasteiger partial charge in [-0.1, -0.05) is 6.07 Å². The molecule has 1 aliphatic rings. The lowest BCUT2D eigenvalue weighted by Crippen LogP contribution is -2.24. The van der Waals surface area contributed by atoms with Crippen LogP contribution < -0.4 is 0 Å². The summed E-state index contributed by atoms with van der Waals surface area (Å²) in [5.74, 6) is -0.188. The quantitative estimate of drug-likeness (QED) is 0.864. The number of fused-ring (bicyclic) bond motifs is 1. The number of carbonyl (C=O) groups is 1. The normalized spacial score (nSPS) is 14.9. The second-order valence-corrected chi connectivity index (χ2v) is 6.39. The number of H-pyrrole nitrogens is 1. The molecule has 2 heterocycles. The highest BCUT2D eigenvalue weighted by Crippen LogP contribution is 2.16. The Labute approximate surface area is 136 Å². The third-order valence-electron chi connectivity index (χ3n) is 3.13. The summed E-state index contributed by atoms with van der Waals surface area (Å²) in [5.41, 5.74) is 1.64. The molecule has 5 nitrogen and oxygen atoms in total. The summed E-state index contributed by atoms with van der Waals surface area (Å²) in [7, 11) is 0. The van der Waals surface area contributed by atoms with Crippen LogP contribution in [0.4, 0.5) is 0 Å². The van der Waals surface area contributed by atoms with E-state index in [0.29, 0.717) is 6.42 Å². The SMILES string of the molecule is C1COCCO1.CC(C)(C)OC(=O)Cc1ccc2[nH]ccc2c1. The van der Waals surface area contributed by atoms with Crippen LogP contribution in [-0.4, -0.2) is 43.0 Å². The molecule has 126 valence electrons. The lowest BCUT2D eigenvalue weighted by molar-refractivity contribution is -0.153. The van der Waals surface area contributed by atoms with Crippen LogP contribution in [0.5, 0.6) is 0 Å². The number of rotatable bonds is 2. The van der Waals surface area contributed by atoms with Crippen LogP contribution in [0.15, 0.2) is 30.5 Å². The maximum absolute atomic E-state index is 11.7. The van der Waals surface area contributed by atoms with Gasteiger partial charge in [-0.25, -0.2) is 0 Å². The van der Waals surface area contributed by atoms with Crippen molar-refractivity contribution in [2.75, 3.05) is 26.4 Å². The van der Waals surface area contributed by atoms with E-state index < -0.39 is 5.60 Å². The van der Waals surface area contributed by atoms with E-state index in [2.05, 4.69) is 4.98 Å². The maximum Gasteiger partial charge on any atom is 0.310 e. The van der Waals surface area contributed by atoms with Crippen LogP contribution in [0, 0.1) is 0 Å². The average molecular weight is 319 g/mol. The van der Waals surface area contributed by atoms with Crippen LogP contribution in [0.25, 0.3) is 10.9 Å². The van der Waals surface area contributed by atoms with Gasteiger partial charge in [0.2, 0.25) is 0 Å². The zero-order valence-electron chi connectivity index (χ0n) is 14.1. The van der Waals surface area contributed by atoms with Crippen molar-refractivity contribution in [3.63, 3.8) is 0 Å². The Kier molecular flexibility index (Phi) is 6.19. The zero-order chi connectivity index (χ0) is 16.7. The molecule has 0 amide bonds. The van der Waals surface area contributed by atoms with Gasteiger partial charge in [-0.2, -0.15) is 0 Å². The van der Waals surface area contributed by atoms with Crippen molar-refractivity contribution in [1.82, 2.24) is 4.98 Å². The maximum atomic E-state index is 11.7. The van der Waals surface area contributed by atoms with Crippen LogP contribution >= 0.6 is 0 Å². The summed E-state index contributed by atoms with van der Waals surface area (Å²) >= 11 is 0. The molecule has 1 aliphatic heterocycles. The van der Waals surface area contributed by atoms with Gasteiger partial charge in [0.05, 0.1) is 32.8 Å². The highest BCUT2D eigenvalue weighted by molar-refractivity contribution is 5.82. The van der Waals surface area contributed by atoms with E-state index in [1.54, 1.807) is 0 Å². The van der Waals surface area contributed by atoms with Gasteiger partial charge in [0.15, 0.2) is 0 Å². The summed E-state index contributed by atoms with van der Waals surface area (Å²) in [6.07, 6.45) is 2.21. The predicted octanol–water partition coefficient (Wildman–Crippen LogP) is 3.09. The van der Waals surface area contributed by atoms with Gasteiger partial charge in [0.1, 0.15) is 5.60 Å². The summed E-state index contributed by atoms with van der Waals surface area (Å²) in [6.45, 7) is 8.74. The molecule has 23 heavy (non-hydrogen) atoms. The minimum atomic E-state index is -0.421. The molecule has 1 aromatic carbocycles. The summed E-state index contributed by atoms with van der Waals surface area (Å²) in [5, 5.41) is 1.12. The number of carbonyl (C=O) groups excluding carboxylic acids is 1. The van der Waals surface area contributed by atoms with Crippen molar-refractivity contribution in [2.45, 2.75) is 32.8 Å². The first-order chi connectivity index (χ1) is 10.9. The molecule has 1 fully saturated rings. The minimum Gasteiger partial charge on any atom is -0.460 e. The first-order valence-corrected chi connectivity index (χ1v) is 7.87. The van der Waals surface area contributed by atoms with Gasteiger partial charge in [0.25, 0.3) is 0 Å². The van der Waals surface area contributed by atoms with Crippen molar-refractivity contribution in [2.24, 2.45) is 0 Å². The molecule has 0 spiro atoms. The molecule has 5 heteroatoms. The second kappa shape index (κ2) is 8.13. The average Bonchev–Trinajstić information content (AvgIpc) is 2.95. The monoisotopic (exact) mass is 319 g/mol. The molecule has 2 aromatic rings. The molecule has 0 aliphatic carbocycles. The Morgan fingerprint density at radius 1 is 1.13 bits per heavy atom. The number of nitrogens with one attached hydrogen (secondary N) is 1. The third kappa shape index (κ3) is 6.42. The number of benzene rings is 1. The highest BCUT2D eigenvalue weighted by atomic mass is 16.6. The molecule has 1 saturated heterocycles. The number of hydrogen-bond donors (Lipinski definition) is 1. The molecule has 0 unspecified atom stereocenters. The molecule has 3 rings (SSSR count). The molecule has 0 saturated carbocycles. The predicted molar refractivity (Wildman–Crippen MR) is 89.5 cm³/mol. The van der Waals surface area contributed by atoms with Crippen LogP contribution in [0.1, 0.15) is 26.3 Å². The molecule has 1 aromatic heterocycles. The van der Waals surface area contributed by atoms with E-state index >= 15 is 0 Å². The number of aromatic nitrogens is 1. The van der Waals surface area contributed by atoms with Gasteiger partial charge in [-0.3, -0.25) is 4.79 Å². The molecular formula is C18H25NO4. The second-order valence-electron chi connectivity index (χ2n) is 6.39. The first-order valence-electron chi connectivity index (χ1n) is 7.87. The van der Waals surface area contributed by atoms with E-state index in [1.807, 2.05) is 51.2 Å². The van der Waals surface area contributed by atoms with E-state index in [-0.39, 0.29) is 5.97 Å². The fourth-order valence-electron chi connectivity index (χ4n) is 2.20. The molecule has 1 N–H and O–H groups in total. The van der Waals surface area contributed by atoms with Crippen molar-refractivity contribution in [3.8, 4) is 0 Å². The third-order valence-corrected chi connectivity index (χ3v) is 3.13. The van der Waals surface area contributed by atoms with Crippen LogP contribution in [-0.2, 0) is 25.4 Å². The molecule has 0 atom stereocenters. The Bertz CT molecular complexity index is 612. The van der Waals surface area contributed by atoms with Crippen molar-refractivity contribution in [3.05, 3.63) is 36.0 Å². The van der Waals surface area contributed by atoms with E-state index in [4.69, 9.17) is 14.2 Å². The molecule has 0 radical (unpaired) electrons. The minimum absolute atomic E-state index is 0.188. The Hall–Kier alpha value is -1.85. The van der Waals surface area contributed by atoms with E-state index in [1.165, 1.54) is 0 Å². The van der Waals surface area contributed by atoms with Gasteiger partial charge in [-0.05, 0) is 49.9 Å². The van der Waals surface area contributed by atoms with Crippen molar-refractivity contribution < 1.29 is 19.0 Å². The standard InChI is InChI=1S/C14H17NO2.C4H8O2/c1-14(2,3)17-13(16)9-10-4-5-12-11(8-10)6-7-15-12;1-2-6-4-3-5-1/h4-8,15H,9H2,1-3H3;1-4H2.